The Kier molecular flexibility index (Phi) is 6.95. The molecule has 0 fully saturated rings. The number of carbonyl (C=O) groups is 1. The molecule has 0 aromatic heterocycles. The van der Waals surface area contributed by atoms with E-state index in [9.17, 15) is 13.2 Å². The van der Waals surface area contributed by atoms with Gasteiger partial charge in [-0.25, -0.2) is 8.42 Å². The zero-order chi connectivity index (χ0) is 21.8. The lowest BCUT2D eigenvalue weighted by atomic mass is 10.0. The maximum Gasteiger partial charge on any atom is 0.203 e. The quantitative estimate of drug-likeness (QED) is 0.604. The first-order valence-electron chi connectivity index (χ1n) is 9.15. The van der Waals surface area contributed by atoms with Crippen LogP contribution in [0.2, 0.25) is 0 Å². The van der Waals surface area contributed by atoms with Crippen molar-refractivity contribution < 1.29 is 27.4 Å². The van der Waals surface area contributed by atoms with Gasteiger partial charge in [0.1, 0.15) is 0 Å². The Hall–Kier alpha value is -2.54. The van der Waals surface area contributed by atoms with Crippen molar-refractivity contribution in [1.29, 1.82) is 0 Å². The highest BCUT2D eigenvalue weighted by Gasteiger charge is 2.29. The molecule has 0 N–H and O–H groups in total. The van der Waals surface area contributed by atoms with Gasteiger partial charge in [-0.05, 0) is 44.0 Å². The fraction of sp³-hybridized carbons (Fsp3) is 0.409. The minimum atomic E-state index is -3.28. The molecule has 7 heteroatoms. The second-order valence-corrected chi connectivity index (χ2v) is 10.4. The SMILES string of the molecule is COc1cc(CC(=O)c2ccc(CS(=O)(=O)C(C)(C)C)cc2)cc(OC)c1OC. The number of Topliss-reactive ketones (excluding diaryl/α,β-unsaturated/α-hetero) is 1. The van der Waals surface area contributed by atoms with Crippen molar-refractivity contribution >= 4 is 15.6 Å². The first-order chi connectivity index (χ1) is 13.5. The van der Waals surface area contributed by atoms with E-state index in [0.717, 1.165) is 5.56 Å². The van der Waals surface area contributed by atoms with E-state index in [0.29, 0.717) is 28.4 Å². The lowest BCUT2D eigenvalue weighted by Crippen LogP contribution is -2.29. The third-order valence-corrected chi connectivity index (χ3v) is 7.23. The smallest absolute Gasteiger partial charge is 0.203 e. The van der Waals surface area contributed by atoms with E-state index in [1.165, 1.54) is 21.3 Å². The first kappa shape index (κ1) is 22.7. The van der Waals surface area contributed by atoms with E-state index in [4.69, 9.17) is 14.2 Å². The molecule has 2 rings (SSSR count). The van der Waals surface area contributed by atoms with Crippen LogP contribution >= 0.6 is 0 Å². The fourth-order valence-corrected chi connectivity index (χ4v) is 3.81. The predicted octanol–water partition coefficient (Wildman–Crippen LogP) is 3.85. The summed E-state index contributed by atoms with van der Waals surface area (Å²) in [6.07, 6.45) is 0.149. The van der Waals surface area contributed by atoms with Gasteiger partial charge < -0.3 is 14.2 Å². The number of ether oxygens (including phenoxy) is 3. The Bertz CT molecular complexity index is 944. The summed E-state index contributed by atoms with van der Waals surface area (Å²) < 4.78 is 39.8. The number of benzene rings is 2. The summed E-state index contributed by atoms with van der Waals surface area (Å²) >= 11 is 0. The minimum absolute atomic E-state index is 0.0577. The molecule has 0 aliphatic carbocycles. The van der Waals surface area contributed by atoms with Gasteiger partial charge in [0.25, 0.3) is 0 Å². The van der Waals surface area contributed by atoms with Crippen LogP contribution in [0.4, 0.5) is 0 Å². The van der Waals surface area contributed by atoms with Gasteiger partial charge in [-0.2, -0.15) is 0 Å². The molecule has 0 amide bonds. The monoisotopic (exact) mass is 420 g/mol. The molecule has 0 atom stereocenters. The van der Waals surface area contributed by atoms with Crippen LogP contribution in [0.5, 0.6) is 17.2 Å². The van der Waals surface area contributed by atoms with Crippen molar-refractivity contribution in [1.82, 2.24) is 0 Å². The molecule has 0 aliphatic heterocycles. The van der Waals surface area contributed by atoms with E-state index < -0.39 is 14.6 Å². The van der Waals surface area contributed by atoms with Crippen LogP contribution in [0.25, 0.3) is 0 Å². The second-order valence-electron chi connectivity index (χ2n) is 7.70. The summed E-state index contributed by atoms with van der Waals surface area (Å²) in [4.78, 5) is 12.7. The molecule has 0 bridgehead atoms. The molecule has 2 aromatic rings. The Balaban J connectivity index is 2.20. The largest absolute Gasteiger partial charge is 0.493 e. The Labute approximate surface area is 172 Å². The summed E-state index contributed by atoms with van der Waals surface area (Å²) in [6.45, 7) is 5.03. The highest BCUT2D eigenvalue weighted by atomic mass is 32.2. The van der Waals surface area contributed by atoms with E-state index >= 15 is 0 Å². The number of methoxy groups -OCH3 is 3. The molecule has 0 unspecified atom stereocenters. The number of rotatable bonds is 8. The van der Waals surface area contributed by atoms with E-state index in [2.05, 4.69) is 0 Å². The maximum atomic E-state index is 12.7. The molecule has 0 saturated carbocycles. The highest BCUT2D eigenvalue weighted by Crippen LogP contribution is 2.38. The number of ketones is 1. The van der Waals surface area contributed by atoms with E-state index in [1.54, 1.807) is 57.2 Å². The lowest BCUT2D eigenvalue weighted by molar-refractivity contribution is 0.0993. The van der Waals surface area contributed by atoms with Gasteiger partial charge >= 0.3 is 0 Å². The van der Waals surface area contributed by atoms with Crippen molar-refractivity contribution in [2.24, 2.45) is 0 Å². The minimum Gasteiger partial charge on any atom is -0.493 e. The van der Waals surface area contributed by atoms with Gasteiger partial charge in [0.2, 0.25) is 5.75 Å². The van der Waals surface area contributed by atoms with Crippen molar-refractivity contribution in [2.75, 3.05) is 21.3 Å². The molecule has 29 heavy (non-hydrogen) atoms. The fourth-order valence-electron chi connectivity index (χ4n) is 2.75. The van der Waals surface area contributed by atoms with Crippen LogP contribution in [-0.4, -0.2) is 40.3 Å². The van der Waals surface area contributed by atoms with Crippen molar-refractivity contribution in [3.8, 4) is 17.2 Å². The summed E-state index contributed by atoms with van der Waals surface area (Å²) in [5.74, 6) is 1.28. The van der Waals surface area contributed by atoms with Crippen LogP contribution in [0.1, 0.15) is 42.3 Å². The molecule has 0 saturated heterocycles. The molecule has 158 valence electrons. The lowest BCUT2D eigenvalue weighted by Gasteiger charge is -2.19. The van der Waals surface area contributed by atoms with Gasteiger partial charge in [0.15, 0.2) is 27.1 Å². The number of sulfone groups is 1. The van der Waals surface area contributed by atoms with Crippen LogP contribution in [0.3, 0.4) is 0 Å². The van der Waals surface area contributed by atoms with Crippen molar-refractivity contribution in [3.63, 3.8) is 0 Å². The topological polar surface area (TPSA) is 78.9 Å². The normalized spacial score (nSPS) is 11.8. The molecule has 0 aliphatic rings. The molecule has 0 heterocycles. The number of hydrogen-bond donors (Lipinski definition) is 0. The van der Waals surface area contributed by atoms with Gasteiger partial charge in [0.05, 0.1) is 31.8 Å². The van der Waals surface area contributed by atoms with Crippen LogP contribution in [0, 0.1) is 0 Å². The Morgan fingerprint density at radius 3 is 1.79 bits per heavy atom. The third kappa shape index (κ3) is 5.29. The average molecular weight is 421 g/mol. The first-order valence-corrected chi connectivity index (χ1v) is 10.8. The van der Waals surface area contributed by atoms with E-state index in [1.807, 2.05) is 0 Å². The summed E-state index contributed by atoms with van der Waals surface area (Å²) in [6, 6.07) is 10.2. The molecular weight excluding hydrogens is 392 g/mol. The predicted molar refractivity (Wildman–Crippen MR) is 113 cm³/mol. The van der Waals surface area contributed by atoms with Crippen LogP contribution < -0.4 is 14.2 Å². The van der Waals surface area contributed by atoms with Gasteiger partial charge in [-0.1, -0.05) is 24.3 Å². The summed E-state index contributed by atoms with van der Waals surface area (Å²) in [7, 11) is 1.28. The molecule has 2 aromatic carbocycles. The Morgan fingerprint density at radius 1 is 0.862 bits per heavy atom. The maximum absolute atomic E-state index is 12.7. The van der Waals surface area contributed by atoms with Crippen LogP contribution in [0.15, 0.2) is 36.4 Å². The average Bonchev–Trinajstić information content (AvgIpc) is 2.66. The summed E-state index contributed by atoms with van der Waals surface area (Å²) in [5.41, 5.74) is 1.89. The Morgan fingerprint density at radius 2 is 1.38 bits per heavy atom. The van der Waals surface area contributed by atoms with Crippen molar-refractivity contribution in [2.45, 2.75) is 37.7 Å². The van der Waals surface area contributed by atoms with Gasteiger partial charge in [-0.15, -0.1) is 0 Å². The summed E-state index contributed by atoms with van der Waals surface area (Å²) in [5, 5.41) is 0. The van der Waals surface area contributed by atoms with Gasteiger partial charge in [0, 0.05) is 12.0 Å². The molecule has 0 spiro atoms. The standard InChI is InChI=1S/C22H28O6S/c1-22(2,3)29(24,25)14-15-7-9-17(10-8-15)18(23)11-16-12-19(26-4)21(28-6)20(13-16)27-5/h7-10,12-13H,11,14H2,1-6H3. The second kappa shape index (κ2) is 8.86. The van der Waals surface area contributed by atoms with Gasteiger partial charge in [-0.3, -0.25) is 4.79 Å². The number of carbonyl (C=O) groups excluding carboxylic acids is 1. The third-order valence-electron chi connectivity index (χ3n) is 4.65. The van der Waals surface area contributed by atoms with E-state index in [-0.39, 0.29) is 18.0 Å². The highest BCUT2D eigenvalue weighted by molar-refractivity contribution is 7.91. The molecule has 6 nitrogen and oxygen atoms in total. The molecule has 0 radical (unpaired) electrons. The van der Waals surface area contributed by atoms with Crippen LogP contribution in [-0.2, 0) is 22.0 Å². The number of hydrogen-bond acceptors (Lipinski definition) is 6. The molecular formula is C22H28O6S. The zero-order valence-electron chi connectivity index (χ0n) is 17.7. The van der Waals surface area contributed by atoms with Crippen molar-refractivity contribution in [3.05, 3.63) is 53.1 Å². The zero-order valence-corrected chi connectivity index (χ0v) is 18.6.